The zero-order valence-electron chi connectivity index (χ0n) is 15.0. The van der Waals surface area contributed by atoms with Crippen molar-refractivity contribution in [2.24, 2.45) is 0 Å². The van der Waals surface area contributed by atoms with Gasteiger partial charge in [0.15, 0.2) is 0 Å². The lowest BCUT2D eigenvalue weighted by molar-refractivity contribution is 0.248. The highest BCUT2D eigenvalue weighted by Gasteiger charge is 2.19. The molecule has 1 aliphatic rings. The Labute approximate surface area is 148 Å². The van der Waals surface area contributed by atoms with Crippen molar-refractivity contribution in [3.05, 3.63) is 46.8 Å². The number of pyridine rings is 2. The van der Waals surface area contributed by atoms with E-state index in [1.54, 1.807) is 13.3 Å². The lowest BCUT2D eigenvalue weighted by atomic mass is 10.1. The topological polar surface area (TPSA) is 65.3 Å². The number of hydrogen-bond acceptors (Lipinski definition) is 6. The third-order valence-electron chi connectivity index (χ3n) is 4.69. The summed E-state index contributed by atoms with van der Waals surface area (Å²) in [6.45, 7) is 8.88. The van der Waals surface area contributed by atoms with E-state index in [4.69, 9.17) is 10.00 Å². The number of nitrogens with zero attached hydrogens (tertiary/aromatic N) is 5. The van der Waals surface area contributed by atoms with Crippen molar-refractivity contribution in [1.82, 2.24) is 14.9 Å². The van der Waals surface area contributed by atoms with E-state index >= 15 is 0 Å². The standard InChI is InChI=1S/C19H23N5O/c1-14-10-19(25-3)22-15(2)17(14)13-23-6-8-24(9-7-23)18-5-4-16(11-20)12-21-18/h4-5,10,12H,6-9,13H2,1-3H3. The summed E-state index contributed by atoms with van der Waals surface area (Å²) in [4.78, 5) is 13.6. The van der Waals surface area contributed by atoms with Gasteiger partial charge in [-0.3, -0.25) is 4.90 Å². The molecule has 0 unspecified atom stereocenters. The molecule has 25 heavy (non-hydrogen) atoms. The molecule has 0 saturated carbocycles. The summed E-state index contributed by atoms with van der Waals surface area (Å²) in [5, 5.41) is 8.87. The van der Waals surface area contributed by atoms with Gasteiger partial charge in [-0.25, -0.2) is 9.97 Å². The molecule has 0 bridgehead atoms. The Hall–Kier alpha value is -2.65. The molecule has 1 fully saturated rings. The van der Waals surface area contributed by atoms with E-state index in [-0.39, 0.29) is 0 Å². The largest absolute Gasteiger partial charge is 0.481 e. The number of piperazine rings is 1. The van der Waals surface area contributed by atoms with Crippen molar-refractivity contribution in [2.45, 2.75) is 20.4 Å². The smallest absolute Gasteiger partial charge is 0.213 e. The first-order chi connectivity index (χ1) is 12.1. The Kier molecular flexibility index (Phi) is 5.15. The summed E-state index contributed by atoms with van der Waals surface area (Å²) in [5.74, 6) is 1.62. The predicted octanol–water partition coefficient (Wildman–Crippen LogP) is 2.30. The quantitative estimate of drug-likeness (QED) is 0.853. The zero-order chi connectivity index (χ0) is 17.8. The van der Waals surface area contributed by atoms with Crippen LogP contribution >= 0.6 is 0 Å². The van der Waals surface area contributed by atoms with Crippen molar-refractivity contribution in [3.8, 4) is 11.9 Å². The van der Waals surface area contributed by atoms with Crippen LogP contribution in [0, 0.1) is 25.2 Å². The number of aromatic nitrogens is 2. The summed E-state index contributed by atoms with van der Waals surface area (Å²) in [6, 6.07) is 7.86. The molecule has 3 rings (SSSR count). The van der Waals surface area contributed by atoms with Crippen LogP contribution in [-0.2, 0) is 6.54 Å². The minimum Gasteiger partial charge on any atom is -0.481 e. The Morgan fingerprint density at radius 2 is 1.96 bits per heavy atom. The van der Waals surface area contributed by atoms with E-state index in [0.717, 1.165) is 44.2 Å². The van der Waals surface area contributed by atoms with Gasteiger partial charge in [-0.1, -0.05) is 0 Å². The van der Waals surface area contributed by atoms with E-state index in [1.807, 2.05) is 25.1 Å². The van der Waals surface area contributed by atoms with Gasteiger partial charge in [0, 0.05) is 50.7 Å². The Morgan fingerprint density at radius 1 is 1.20 bits per heavy atom. The van der Waals surface area contributed by atoms with E-state index in [1.165, 1.54) is 11.1 Å². The number of anilines is 1. The molecule has 1 saturated heterocycles. The van der Waals surface area contributed by atoms with Gasteiger partial charge in [0.1, 0.15) is 11.9 Å². The number of aryl methyl sites for hydroxylation is 2. The molecule has 0 radical (unpaired) electrons. The van der Waals surface area contributed by atoms with Gasteiger partial charge < -0.3 is 9.64 Å². The minimum atomic E-state index is 0.598. The highest BCUT2D eigenvalue weighted by atomic mass is 16.5. The minimum absolute atomic E-state index is 0.598. The predicted molar refractivity (Wildman–Crippen MR) is 96.7 cm³/mol. The third kappa shape index (κ3) is 3.89. The molecule has 130 valence electrons. The van der Waals surface area contributed by atoms with Gasteiger partial charge in [0.2, 0.25) is 5.88 Å². The molecule has 0 aromatic carbocycles. The van der Waals surface area contributed by atoms with Crippen molar-refractivity contribution in [3.63, 3.8) is 0 Å². The molecule has 0 aliphatic carbocycles. The molecule has 6 nitrogen and oxygen atoms in total. The summed E-state index contributed by atoms with van der Waals surface area (Å²) in [5.41, 5.74) is 4.14. The van der Waals surface area contributed by atoms with Crippen LogP contribution in [0.2, 0.25) is 0 Å². The Morgan fingerprint density at radius 3 is 2.52 bits per heavy atom. The van der Waals surface area contributed by atoms with E-state index in [0.29, 0.717) is 11.4 Å². The Bertz CT molecular complexity index is 750. The maximum Gasteiger partial charge on any atom is 0.213 e. The lowest BCUT2D eigenvalue weighted by Crippen LogP contribution is -2.46. The van der Waals surface area contributed by atoms with Crippen LogP contribution in [0.15, 0.2) is 24.4 Å². The highest BCUT2D eigenvalue weighted by Crippen LogP contribution is 2.21. The van der Waals surface area contributed by atoms with E-state index < -0.39 is 0 Å². The van der Waals surface area contributed by atoms with E-state index in [2.05, 4.69) is 32.8 Å². The molecule has 0 amide bonds. The SMILES string of the molecule is COc1cc(C)c(CN2CCN(c3ccc(C#N)cn3)CC2)c(C)n1. The normalized spacial score (nSPS) is 15.0. The Balaban J connectivity index is 1.62. The second-order valence-corrected chi connectivity index (χ2v) is 6.33. The molecular formula is C19H23N5O. The van der Waals surface area contributed by atoms with Gasteiger partial charge in [-0.05, 0) is 37.1 Å². The summed E-state index contributed by atoms with van der Waals surface area (Å²) < 4.78 is 5.24. The van der Waals surface area contributed by atoms with Crippen LogP contribution in [0.25, 0.3) is 0 Å². The van der Waals surface area contributed by atoms with Crippen LogP contribution < -0.4 is 9.64 Å². The molecular weight excluding hydrogens is 314 g/mol. The van der Waals surface area contributed by atoms with Crippen LogP contribution in [0.4, 0.5) is 5.82 Å². The van der Waals surface area contributed by atoms with E-state index in [9.17, 15) is 0 Å². The van der Waals surface area contributed by atoms with Crippen molar-refractivity contribution < 1.29 is 4.74 Å². The first kappa shape index (κ1) is 17.2. The monoisotopic (exact) mass is 337 g/mol. The fraction of sp³-hybridized carbons (Fsp3) is 0.421. The maximum atomic E-state index is 8.87. The maximum absolute atomic E-state index is 8.87. The first-order valence-corrected chi connectivity index (χ1v) is 8.45. The molecule has 1 aliphatic heterocycles. The number of ether oxygens (including phenoxy) is 1. The second-order valence-electron chi connectivity index (χ2n) is 6.33. The zero-order valence-corrected chi connectivity index (χ0v) is 15.0. The number of rotatable bonds is 4. The van der Waals surface area contributed by atoms with Crippen LogP contribution in [0.1, 0.15) is 22.4 Å². The number of methoxy groups -OCH3 is 1. The van der Waals surface area contributed by atoms with Gasteiger partial charge in [-0.2, -0.15) is 5.26 Å². The van der Waals surface area contributed by atoms with Crippen LogP contribution in [0.3, 0.4) is 0 Å². The molecule has 0 atom stereocenters. The van der Waals surface area contributed by atoms with Gasteiger partial charge in [0.25, 0.3) is 0 Å². The second kappa shape index (κ2) is 7.49. The average molecular weight is 337 g/mol. The van der Waals surface area contributed by atoms with Crippen LogP contribution in [0.5, 0.6) is 5.88 Å². The average Bonchev–Trinajstić information content (AvgIpc) is 2.65. The highest BCUT2D eigenvalue weighted by molar-refractivity contribution is 5.42. The fourth-order valence-corrected chi connectivity index (χ4v) is 3.16. The molecule has 2 aromatic heterocycles. The number of nitriles is 1. The number of hydrogen-bond donors (Lipinski definition) is 0. The third-order valence-corrected chi connectivity index (χ3v) is 4.69. The van der Waals surface area contributed by atoms with Crippen LogP contribution in [-0.4, -0.2) is 48.2 Å². The molecule has 6 heteroatoms. The summed E-state index contributed by atoms with van der Waals surface area (Å²) in [7, 11) is 1.65. The van der Waals surface area contributed by atoms with Crippen molar-refractivity contribution >= 4 is 5.82 Å². The van der Waals surface area contributed by atoms with Crippen molar-refractivity contribution in [1.29, 1.82) is 5.26 Å². The van der Waals surface area contributed by atoms with Crippen molar-refractivity contribution in [2.75, 3.05) is 38.2 Å². The van der Waals surface area contributed by atoms with Gasteiger partial charge >= 0.3 is 0 Å². The molecule has 2 aromatic rings. The van der Waals surface area contributed by atoms with Gasteiger partial charge in [-0.15, -0.1) is 0 Å². The molecule has 0 N–H and O–H groups in total. The molecule has 3 heterocycles. The fourth-order valence-electron chi connectivity index (χ4n) is 3.16. The summed E-state index contributed by atoms with van der Waals surface area (Å²) >= 11 is 0. The molecule has 0 spiro atoms. The van der Waals surface area contributed by atoms with Gasteiger partial charge in [0.05, 0.1) is 12.7 Å². The lowest BCUT2D eigenvalue weighted by Gasteiger charge is -2.35. The first-order valence-electron chi connectivity index (χ1n) is 8.45. The summed E-state index contributed by atoms with van der Waals surface area (Å²) in [6.07, 6.45) is 1.64.